The van der Waals surface area contributed by atoms with Crippen LogP contribution in [0.25, 0.3) is 5.69 Å². The van der Waals surface area contributed by atoms with E-state index in [2.05, 4.69) is 15.5 Å². The van der Waals surface area contributed by atoms with Crippen LogP contribution in [0.3, 0.4) is 0 Å². The van der Waals surface area contributed by atoms with E-state index in [1.54, 1.807) is 41.3 Å². The lowest BCUT2D eigenvalue weighted by atomic mass is 10.1. The Bertz CT molecular complexity index is 1300. The van der Waals surface area contributed by atoms with Crippen molar-refractivity contribution in [3.05, 3.63) is 88.3 Å². The highest BCUT2D eigenvalue weighted by atomic mass is 16.4. The third-order valence-corrected chi connectivity index (χ3v) is 5.08. The summed E-state index contributed by atoms with van der Waals surface area (Å²) in [6.45, 7) is 0.696. The summed E-state index contributed by atoms with van der Waals surface area (Å²) < 4.78 is 11.3. The first-order valence-corrected chi connectivity index (χ1v) is 9.52. The van der Waals surface area contributed by atoms with E-state index >= 15 is 0 Å². The number of nitrogens with one attached hydrogen (secondary N) is 2. The maximum atomic E-state index is 12.5. The van der Waals surface area contributed by atoms with Gasteiger partial charge in [0.05, 0.1) is 43.4 Å². The molecule has 2 amide bonds. The summed E-state index contributed by atoms with van der Waals surface area (Å²) in [5.41, 5.74) is 2.99. The Kier molecular flexibility index (Phi) is 4.51. The van der Waals surface area contributed by atoms with E-state index in [4.69, 9.17) is 8.83 Å². The molecule has 0 unspecified atom stereocenters. The predicted octanol–water partition coefficient (Wildman–Crippen LogP) is 2.08. The number of carbonyl (C=O) groups is 2. The smallest absolute Gasteiger partial charge is 0.423 e. The molecule has 156 valence electrons. The molecule has 0 radical (unpaired) electrons. The van der Waals surface area contributed by atoms with E-state index in [0.717, 1.165) is 16.8 Å². The van der Waals surface area contributed by atoms with Crippen molar-refractivity contribution in [3.8, 4) is 5.69 Å². The third kappa shape index (κ3) is 3.54. The number of anilines is 1. The molecule has 0 spiro atoms. The SMILES string of the molecule is O=C(Cc1ccc(-n2ccoc2=O)cc1)Nc1n[nH]c2c1CN(C(=O)c1ccco1)C2. The Morgan fingerprint density at radius 1 is 1.10 bits per heavy atom. The molecule has 1 aliphatic rings. The van der Waals surface area contributed by atoms with Gasteiger partial charge in [-0.2, -0.15) is 5.10 Å². The van der Waals surface area contributed by atoms with Gasteiger partial charge in [0.1, 0.15) is 6.26 Å². The minimum atomic E-state index is -0.475. The van der Waals surface area contributed by atoms with E-state index in [9.17, 15) is 14.4 Å². The lowest BCUT2D eigenvalue weighted by Gasteiger charge is -2.14. The molecular formula is C21H17N5O5. The number of amides is 2. The summed E-state index contributed by atoms with van der Waals surface area (Å²) >= 11 is 0. The fourth-order valence-corrected chi connectivity index (χ4v) is 3.54. The van der Waals surface area contributed by atoms with Crippen LogP contribution in [0.4, 0.5) is 5.82 Å². The van der Waals surface area contributed by atoms with Crippen LogP contribution in [-0.4, -0.2) is 31.5 Å². The fourth-order valence-electron chi connectivity index (χ4n) is 3.54. The summed E-state index contributed by atoms with van der Waals surface area (Å²) in [6.07, 6.45) is 4.43. The number of nitrogens with zero attached hydrogens (tertiary/aromatic N) is 3. The molecule has 4 heterocycles. The molecule has 0 saturated carbocycles. The minimum absolute atomic E-state index is 0.136. The van der Waals surface area contributed by atoms with Gasteiger partial charge >= 0.3 is 5.76 Å². The number of hydrogen-bond donors (Lipinski definition) is 2. The van der Waals surface area contributed by atoms with Crippen LogP contribution in [0.1, 0.15) is 27.4 Å². The first-order valence-electron chi connectivity index (χ1n) is 9.52. The summed E-state index contributed by atoms with van der Waals surface area (Å²) in [4.78, 5) is 38.2. The molecule has 0 aliphatic carbocycles. The Morgan fingerprint density at radius 2 is 1.94 bits per heavy atom. The zero-order valence-corrected chi connectivity index (χ0v) is 16.2. The van der Waals surface area contributed by atoms with Gasteiger partial charge in [0, 0.05) is 5.56 Å². The van der Waals surface area contributed by atoms with Crippen LogP contribution < -0.4 is 11.1 Å². The van der Waals surface area contributed by atoms with E-state index in [-0.39, 0.29) is 24.0 Å². The molecule has 3 aromatic heterocycles. The molecule has 1 aromatic carbocycles. The van der Waals surface area contributed by atoms with Crippen molar-refractivity contribution in [2.45, 2.75) is 19.5 Å². The van der Waals surface area contributed by atoms with Crippen molar-refractivity contribution in [2.75, 3.05) is 5.32 Å². The van der Waals surface area contributed by atoms with Crippen molar-refractivity contribution in [2.24, 2.45) is 0 Å². The summed E-state index contributed by atoms with van der Waals surface area (Å²) in [5, 5.41) is 9.85. The number of rotatable bonds is 5. The van der Waals surface area contributed by atoms with Crippen molar-refractivity contribution in [1.82, 2.24) is 19.7 Å². The van der Waals surface area contributed by atoms with Crippen LogP contribution in [0, 0.1) is 0 Å². The molecule has 1 aliphatic heterocycles. The second kappa shape index (κ2) is 7.48. The standard InChI is InChI=1S/C21H17N5O5/c27-18(10-13-3-5-14(6-4-13)26-7-9-31-21(26)29)22-19-15-11-25(12-16(15)23-24-19)20(28)17-2-1-8-30-17/h1-9H,10-12H2,(H2,22,23,24,27). The van der Waals surface area contributed by atoms with E-state index in [1.165, 1.54) is 23.3 Å². The molecule has 0 atom stereocenters. The number of H-pyrrole nitrogens is 1. The Labute approximate surface area is 175 Å². The number of carbonyl (C=O) groups excluding carboxylic acids is 2. The van der Waals surface area contributed by atoms with E-state index < -0.39 is 5.76 Å². The highest BCUT2D eigenvalue weighted by molar-refractivity contribution is 5.94. The normalized spacial score (nSPS) is 12.7. The number of oxazole rings is 1. The van der Waals surface area contributed by atoms with Crippen molar-refractivity contribution in [3.63, 3.8) is 0 Å². The zero-order valence-electron chi connectivity index (χ0n) is 16.2. The van der Waals surface area contributed by atoms with Crippen LogP contribution in [0.15, 0.2) is 68.8 Å². The van der Waals surface area contributed by atoms with Crippen LogP contribution in [-0.2, 0) is 24.3 Å². The molecule has 0 fully saturated rings. The van der Waals surface area contributed by atoms with Gasteiger partial charge in [0.15, 0.2) is 11.6 Å². The van der Waals surface area contributed by atoms with E-state index in [0.29, 0.717) is 24.6 Å². The highest BCUT2D eigenvalue weighted by Crippen LogP contribution is 2.28. The van der Waals surface area contributed by atoms with Crippen LogP contribution >= 0.6 is 0 Å². The Morgan fingerprint density at radius 3 is 2.65 bits per heavy atom. The quantitative estimate of drug-likeness (QED) is 0.510. The monoisotopic (exact) mass is 419 g/mol. The molecule has 2 N–H and O–H groups in total. The van der Waals surface area contributed by atoms with Crippen LogP contribution in [0.2, 0.25) is 0 Å². The molecule has 5 rings (SSSR count). The fraction of sp³-hybridized carbons (Fsp3) is 0.143. The van der Waals surface area contributed by atoms with Gasteiger partial charge in [0.25, 0.3) is 5.91 Å². The molecule has 0 bridgehead atoms. The van der Waals surface area contributed by atoms with Gasteiger partial charge in [-0.05, 0) is 29.8 Å². The van der Waals surface area contributed by atoms with Gasteiger partial charge < -0.3 is 19.1 Å². The number of benzene rings is 1. The molecule has 31 heavy (non-hydrogen) atoms. The van der Waals surface area contributed by atoms with Gasteiger partial charge in [0.2, 0.25) is 5.91 Å². The van der Waals surface area contributed by atoms with Gasteiger partial charge in [-0.25, -0.2) is 9.36 Å². The Hall–Kier alpha value is -4.34. The van der Waals surface area contributed by atoms with Crippen molar-refractivity contribution in [1.29, 1.82) is 0 Å². The third-order valence-electron chi connectivity index (χ3n) is 5.08. The number of furan rings is 1. The van der Waals surface area contributed by atoms with Crippen molar-refractivity contribution >= 4 is 17.6 Å². The first-order chi connectivity index (χ1) is 15.1. The molecular weight excluding hydrogens is 402 g/mol. The maximum absolute atomic E-state index is 12.5. The summed E-state index contributed by atoms with van der Waals surface area (Å²) in [6, 6.07) is 10.3. The lowest BCUT2D eigenvalue weighted by molar-refractivity contribution is -0.115. The summed E-state index contributed by atoms with van der Waals surface area (Å²) in [5.74, 6) is -0.249. The summed E-state index contributed by atoms with van der Waals surface area (Å²) in [7, 11) is 0. The zero-order chi connectivity index (χ0) is 21.4. The van der Waals surface area contributed by atoms with E-state index in [1.807, 2.05) is 0 Å². The Balaban J connectivity index is 1.23. The minimum Gasteiger partial charge on any atom is -0.459 e. The molecule has 4 aromatic rings. The predicted molar refractivity (Wildman–Crippen MR) is 108 cm³/mol. The lowest BCUT2D eigenvalue weighted by Crippen LogP contribution is -2.25. The second-order valence-electron chi connectivity index (χ2n) is 7.10. The average molecular weight is 419 g/mol. The number of fused-ring (bicyclic) bond motifs is 1. The van der Waals surface area contributed by atoms with Gasteiger partial charge in [-0.1, -0.05) is 12.1 Å². The average Bonchev–Trinajstić information content (AvgIpc) is 3.54. The molecule has 0 saturated heterocycles. The molecule has 10 nitrogen and oxygen atoms in total. The van der Waals surface area contributed by atoms with Gasteiger partial charge in [-0.15, -0.1) is 0 Å². The van der Waals surface area contributed by atoms with Gasteiger partial charge in [-0.3, -0.25) is 14.7 Å². The first kappa shape index (κ1) is 18.7. The molecule has 10 heteroatoms. The number of aromatic amines is 1. The maximum Gasteiger partial charge on any atom is 0.423 e. The van der Waals surface area contributed by atoms with Crippen molar-refractivity contribution < 1.29 is 18.4 Å². The highest BCUT2D eigenvalue weighted by Gasteiger charge is 2.30. The topological polar surface area (TPSA) is 126 Å². The number of hydrogen-bond acceptors (Lipinski definition) is 6. The number of aromatic nitrogens is 3. The van der Waals surface area contributed by atoms with Crippen LogP contribution in [0.5, 0.6) is 0 Å². The second-order valence-corrected chi connectivity index (χ2v) is 7.10. The largest absolute Gasteiger partial charge is 0.459 e.